The van der Waals surface area contributed by atoms with Crippen LogP contribution in [0.25, 0.3) is 0 Å². The number of hydrogen-bond acceptors (Lipinski definition) is 3. The first-order chi connectivity index (χ1) is 7.54. The van der Waals surface area contributed by atoms with E-state index in [9.17, 15) is 9.59 Å². The number of carbonyl (C=O) groups excluding carboxylic acids is 1. The second-order valence-corrected chi connectivity index (χ2v) is 5.72. The molecule has 0 saturated carbocycles. The molecule has 0 aromatic carbocycles. The van der Waals surface area contributed by atoms with Gasteiger partial charge in [0.1, 0.15) is 0 Å². The second-order valence-electron chi connectivity index (χ2n) is 3.26. The van der Waals surface area contributed by atoms with E-state index in [0.29, 0.717) is 11.3 Å². The number of aliphatic carboxylic acids is 1. The standard InChI is InChI=1S/C10H12BrNO3S/c1-2-6(10(14)15)5-12-9(13)7-3-4-8(11)16-7/h3-4,6H,2,5H2,1H3,(H,12,13)(H,14,15). The molecule has 0 spiro atoms. The van der Waals surface area contributed by atoms with Gasteiger partial charge in [-0.25, -0.2) is 0 Å². The summed E-state index contributed by atoms with van der Waals surface area (Å²) in [5.74, 6) is -1.63. The summed E-state index contributed by atoms with van der Waals surface area (Å²) in [5, 5.41) is 11.4. The Labute approximate surface area is 106 Å². The first-order valence-corrected chi connectivity index (χ1v) is 6.42. The van der Waals surface area contributed by atoms with Gasteiger partial charge in [0.05, 0.1) is 14.6 Å². The Bertz CT molecular complexity index is 391. The molecule has 6 heteroatoms. The van der Waals surface area contributed by atoms with E-state index < -0.39 is 11.9 Å². The van der Waals surface area contributed by atoms with Crippen LogP contribution < -0.4 is 5.32 Å². The van der Waals surface area contributed by atoms with E-state index in [1.165, 1.54) is 11.3 Å². The van der Waals surface area contributed by atoms with Crippen LogP contribution in [0.3, 0.4) is 0 Å². The normalized spacial score (nSPS) is 12.1. The molecule has 1 rings (SSSR count). The van der Waals surface area contributed by atoms with Gasteiger partial charge >= 0.3 is 5.97 Å². The van der Waals surface area contributed by atoms with Gasteiger partial charge in [-0.3, -0.25) is 9.59 Å². The van der Waals surface area contributed by atoms with Crippen molar-refractivity contribution in [2.24, 2.45) is 5.92 Å². The van der Waals surface area contributed by atoms with E-state index >= 15 is 0 Å². The van der Waals surface area contributed by atoms with Crippen LogP contribution in [0.2, 0.25) is 0 Å². The number of nitrogens with one attached hydrogen (secondary N) is 1. The third-order valence-corrected chi connectivity index (χ3v) is 3.77. The third-order valence-electron chi connectivity index (χ3n) is 2.15. The molecule has 88 valence electrons. The smallest absolute Gasteiger partial charge is 0.308 e. The molecule has 0 fully saturated rings. The van der Waals surface area contributed by atoms with Crippen molar-refractivity contribution in [1.82, 2.24) is 5.32 Å². The second kappa shape index (κ2) is 6.00. The molecule has 1 aromatic heterocycles. The zero-order valence-electron chi connectivity index (χ0n) is 8.70. The zero-order chi connectivity index (χ0) is 12.1. The fraction of sp³-hybridized carbons (Fsp3) is 0.400. The Kier molecular flexibility index (Phi) is 4.95. The molecular formula is C10H12BrNO3S. The van der Waals surface area contributed by atoms with E-state index in [-0.39, 0.29) is 12.5 Å². The summed E-state index contributed by atoms with van der Waals surface area (Å²) in [6.45, 7) is 1.95. The predicted octanol–water partition coefficient (Wildman–Crippen LogP) is 2.35. The molecule has 1 heterocycles. The van der Waals surface area contributed by atoms with Gasteiger partial charge in [0, 0.05) is 6.54 Å². The molecule has 0 aliphatic heterocycles. The molecule has 0 aliphatic rings. The number of hydrogen-bond donors (Lipinski definition) is 2. The fourth-order valence-electron chi connectivity index (χ4n) is 1.15. The summed E-state index contributed by atoms with van der Waals surface area (Å²) < 4.78 is 0.878. The Morgan fingerprint density at radius 3 is 2.69 bits per heavy atom. The molecule has 1 amide bonds. The summed E-state index contributed by atoms with van der Waals surface area (Å²) in [4.78, 5) is 22.9. The maximum absolute atomic E-state index is 11.6. The summed E-state index contributed by atoms with van der Waals surface area (Å²) in [5.41, 5.74) is 0. The van der Waals surface area contributed by atoms with Crippen LogP contribution in [-0.2, 0) is 4.79 Å². The lowest BCUT2D eigenvalue weighted by atomic mass is 10.1. The largest absolute Gasteiger partial charge is 0.481 e. The topological polar surface area (TPSA) is 66.4 Å². The van der Waals surface area contributed by atoms with Gasteiger partial charge in [0.25, 0.3) is 5.91 Å². The Hall–Kier alpha value is -0.880. The minimum absolute atomic E-state index is 0.167. The van der Waals surface area contributed by atoms with Gasteiger partial charge in [-0.15, -0.1) is 11.3 Å². The SMILES string of the molecule is CCC(CNC(=O)c1ccc(Br)s1)C(=O)O. The van der Waals surface area contributed by atoms with Gasteiger partial charge in [-0.1, -0.05) is 6.92 Å². The zero-order valence-corrected chi connectivity index (χ0v) is 11.1. The molecule has 0 radical (unpaired) electrons. The van der Waals surface area contributed by atoms with Crippen LogP contribution in [0.1, 0.15) is 23.0 Å². The van der Waals surface area contributed by atoms with Crippen molar-refractivity contribution < 1.29 is 14.7 Å². The first kappa shape index (κ1) is 13.2. The van der Waals surface area contributed by atoms with Gasteiger partial charge in [-0.05, 0) is 34.5 Å². The van der Waals surface area contributed by atoms with E-state index in [2.05, 4.69) is 21.2 Å². The molecule has 4 nitrogen and oxygen atoms in total. The average Bonchev–Trinajstić information content (AvgIpc) is 2.65. The lowest BCUT2D eigenvalue weighted by Gasteiger charge is -2.09. The van der Waals surface area contributed by atoms with Crippen molar-refractivity contribution in [3.8, 4) is 0 Å². The van der Waals surface area contributed by atoms with Crippen molar-refractivity contribution in [1.29, 1.82) is 0 Å². The van der Waals surface area contributed by atoms with Crippen LogP contribution in [0.5, 0.6) is 0 Å². The summed E-state index contributed by atoms with van der Waals surface area (Å²) >= 11 is 4.58. The van der Waals surface area contributed by atoms with Gasteiger partial charge in [0.15, 0.2) is 0 Å². The minimum atomic E-state index is -0.879. The molecule has 0 bridgehead atoms. The lowest BCUT2D eigenvalue weighted by Crippen LogP contribution is -2.32. The van der Waals surface area contributed by atoms with Gasteiger partial charge < -0.3 is 10.4 Å². The van der Waals surface area contributed by atoms with Crippen LogP contribution in [0.15, 0.2) is 15.9 Å². The highest BCUT2D eigenvalue weighted by Crippen LogP contribution is 2.21. The Morgan fingerprint density at radius 1 is 1.56 bits per heavy atom. The molecule has 16 heavy (non-hydrogen) atoms. The highest BCUT2D eigenvalue weighted by molar-refractivity contribution is 9.11. The van der Waals surface area contributed by atoms with E-state index in [0.717, 1.165) is 3.79 Å². The molecule has 0 aliphatic carbocycles. The minimum Gasteiger partial charge on any atom is -0.481 e. The van der Waals surface area contributed by atoms with Crippen molar-refractivity contribution in [2.75, 3.05) is 6.54 Å². The Morgan fingerprint density at radius 2 is 2.25 bits per heavy atom. The molecular weight excluding hydrogens is 294 g/mol. The molecule has 1 aromatic rings. The predicted molar refractivity (Wildman–Crippen MR) is 65.8 cm³/mol. The summed E-state index contributed by atoms with van der Waals surface area (Å²) in [6.07, 6.45) is 0.504. The van der Waals surface area contributed by atoms with E-state index in [4.69, 9.17) is 5.11 Å². The maximum atomic E-state index is 11.6. The van der Waals surface area contributed by atoms with Gasteiger partial charge in [-0.2, -0.15) is 0 Å². The highest BCUT2D eigenvalue weighted by Gasteiger charge is 2.16. The van der Waals surface area contributed by atoms with Crippen molar-refractivity contribution in [3.05, 3.63) is 20.8 Å². The first-order valence-electron chi connectivity index (χ1n) is 4.81. The molecule has 2 N–H and O–H groups in total. The number of carboxylic acids is 1. The van der Waals surface area contributed by atoms with Gasteiger partial charge in [0.2, 0.25) is 0 Å². The lowest BCUT2D eigenvalue weighted by molar-refractivity contribution is -0.141. The van der Waals surface area contributed by atoms with Crippen LogP contribution in [-0.4, -0.2) is 23.5 Å². The summed E-state index contributed by atoms with van der Waals surface area (Å²) in [6, 6.07) is 3.49. The molecule has 1 unspecified atom stereocenters. The number of thiophene rings is 1. The number of amides is 1. The fourth-order valence-corrected chi connectivity index (χ4v) is 2.45. The van der Waals surface area contributed by atoms with Crippen molar-refractivity contribution in [3.63, 3.8) is 0 Å². The number of carbonyl (C=O) groups is 2. The monoisotopic (exact) mass is 305 g/mol. The Balaban J connectivity index is 2.49. The average molecular weight is 306 g/mol. The van der Waals surface area contributed by atoms with Crippen molar-refractivity contribution in [2.45, 2.75) is 13.3 Å². The molecule has 0 saturated heterocycles. The number of rotatable bonds is 5. The molecule has 1 atom stereocenters. The van der Waals surface area contributed by atoms with E-state index in [1.54, 1.807) is 19.1 Å². The summed E-state index contributed by atoms with van der Waals surface area (Å²) in [7, 11) is 0. The quantitative estimate of drug-likeness (QED) is 0.877. The van der Waals surface area contributed by atoms with Crippen LogP contribution in [0.4, 0.5) is 0 Å². The highest BCUT2D eigenvalue weighted by atomic mass is 79.9. The van der Waals surface area contributed by atoms with E-state index in [1.807, 2.05) is 0 Å². The van der Waals surface area contributed by atoms with Crippen molar-refractivity contribution >= 4 is 39.1 Å². The third kappa shape index (κ3) is 3.61. The number of carboxylic acid groups (broad SMARTS) is 1. The number of halogens is 1. The maximum Gasteiger partial charge on any atom is 0.308 e. The van der Waals surface area contributed by atoms with Crippen LogP contribution >= 0.6 is 27.3 Å². The van der Waals surface area contributed by atoms with Crippen LogP contribution in [0, 0.1) is 5.92 Å².